The minimum atomic E-state index is -0.0683. The maximum Gasteiger partial charge on any atom is 0.251 e. The van der Waals surface area contributed by atoms with E-state index in [2.05, 4.69) is 11.4 Å². The molecule has 0 spiro atoms. The van der Waals surface area contributed by atoms with Crippen LogP contribution in [-0.4, -0.2) is 40.9 Å². The summed E-state index contributed by atoms with van der Waals surface area (Å²) in [6.45, 7) is 4.06. The number of nitrogens with zero attached hydrogens (tertiary/aromatic N) is 2. The van der Waals surface area contributed by atoms with Crippen molar-refractivity contribution in [3.8, 4) is 11.1 Å². The molecule has 1 fully saturated rings. The maximum atomic E-state index is 12.8. The number of likely N-dealkylation sites (tertiary alicyclic amines) is 1. The molecule has 1 aromatic heterocycles. The summed E-state index contributed by atoms with van der Waals surface area (Å²) in [6.07, 6.45) is 2.11. The van der Waals surface area contributed by atoms with E-state index >= 15 is 0 Å². The molecule has 2 aromatic rings. The van der Waals surface area contributed by atoms with Gasteiger partial charge in [0, 0.05) is 57.2 Å². The first kappa shape index (κ1) is 19.4. The lowest BCUT2D eigenvalue weighted by atomic mass is 9.82. The molecule has 0 unspecified atom stereocenters. The normalized spacial score (nSPS) is 20.1. The first-order valence-electron chi connectivity index (χ1n) is 10.3. The molecule has 1 N–H and O–H groups in total. The Morgan fingerprint density at radius 1 is 1.07 bits per heavy atom. The number of hydrogen-bond donors (Lipinski definition) is 1. The molecule has 3 heterocycles. The summed E-state index contributed by atoms with van der Waals surface area (Å²) in [6, 6.07) is 13.8. The molecular formula is C23H27N3O3. The summed E-state index contributed by atoms with van der Waals surface area (Å²) < 4.78 is 1.91. The second-order valence-corrected chi connectivity index (χ2v) is 8.17. The molecule has 2 aliphatic rings. The van der Waals surface area contributed by atoms with Crippen molar-refractivity contribution in [1.82, 2.24) is 14.8 Å². The van der Waals surface area contributed by atoms with Gasteiger partial charge in [0.2, 0.25) is 11.8 Å². The molecule has 2 atom stereocenters. The third-order valence-corrected chi connectivity index (χ3v) is 5.96. The van der Waals surface area contributed by atoms with Crippen LogP contribution in [0.5, 0.6) is 0 Å². The van der Waals surface area contributed by atoms with Gasteiger partial charge in [0.05, 0.1) is 0 Å². The largest absolute Gasteiger partial charge is 0.356 e. The summed E-state index contributed by atoms with van der Waals surface area (Å²) in [7, 11) is 0. The number of benzene rings is 1. The SMILES string of the molecule is CC(=O)NCCCC(=O)N1C[C@@H]2C[C@H](C1)c1cc(-c3ccccc3)cc(=O)n1C2. The van der Waals surface area contributed by atoms with Gasteiger partial charge in [0.25, 0.3) is 5.56 Å². The van der Waals surface area contributed by atoms with Crippen LogP contribution in [0, 0.1) is 5.92 Å². The highest BCUT2D eigenvalue weighted by Crippen LogP contribution is 2.36. The van der Waals surface area contributed by atoms with Gasteiger partial charge in [0.15, 0.2) is 0 Å². The topological polar surface area (TPSA) is 71.4 Å². The van der Waals surface area contributed by atoms with Gasteiger partial charge in [-0.05, 0) is 36.0 Å². The molecule has 2 amide bonds. The van der Waals surface area contributed by atoms with Crippen LogP contribution < -0.4 is 10.9 Å². The van der Waals surface area contributed by atoms with E-state index in [0.717, 1.165) is 23.2 Å². The number of amides is 2. The van der Waals surface area contributed by atoms with Crippen LogP contribution in [0.2, 0.25) is 0 Å². The van der Waals surface area contributed by atoms with Crippen LogP contribution >= 0.6 is 0 Å². The predicted molar refractivity (Wildman–Crippen MR) is 111 cm³/mol. The predicted octanol–water partition coefficient (Wildman–Crippen LogP) is 2.38. The van der Waals surface area contributed by atoms with Crippen molar-refractivity contribution in [2.24, 2.45) is 5.92 Å². The van der Waals surface area contributed by atoms with Gasteiger partial charge in [-0.1, -0.05) is 30.3 Å². The lowest BCUT2D eigenvalue weighted by molar-refractivity contribution is -0.134. The summed E-state index contributed by atoms with van der Waals surface area (Å²) in [4.78, 5) is 38.4. The number of piperidine rings is 1. The molecule has 6 nitrogen and oxygen atoms in total. The zero-order valence-electron chi connectivity index (χ0n) is 16.8. The van der Waals surface area contributed by atoms with Gasteiger partial charge in [0.1, 0.15) is 0 Å². The van der Waals surface area contributed by atoms with Gasteiger partial charge in [-0.2, -0.15) is 0 Å². The standard InChI is InChI=1S/C23H27N3O3/c1-16(27)24-9-5-8-22(28)25-13-17-10-20(15-25)21-11-19(12-23(29)26(21)14-17)18-6-3-2-4-7-18/h2-4,6-7,11-12,17,20H,5,8-10,13-15H2,1H3,(H,24,27)/t17-,20+/m0/s1. The average molecular weight is 393 g/mol. The lowest BCUT2D eigenvalue weighted by Crippen LogP contribution is -2.49. The van der Waals surface area contributed by atoms with Crippen molar-refractivity contribution in [1.29, 1.82) is 0 Å². The fourth-order valence-electron chi connectivity index (χ4n) is 4.62. The molecule has 0 aliphatic carbocycles. The molecule has 6 heteroatoms. The molecule has 0 radical (unpaired) electrons. The molecule has 152 valence electrons. The molecule has 1 aromatic carbocycles. The van der Waals surface area contributed by atoms with E-state index < -0.39 is 0 Å². The summed E-state index contributed by atoms with van der Waals surface area (Å²) in [5.41, 5.74) is 3.07. The highest BCUT2D eigenvalue weighted by Gasteiger charge is 2.36. The number of carbonyl (C=O) groups excluding carboxylic acids is 2. The third-order valence-electron chi connectivity index (χ3n) is 5.96. The first-order valence-corrected chi connectivity index (χ1v) is 10.3. The number of hydrogen-bond acceptors (Lipinski definition) is 3. The van der Waals surface area contributed by atoms with Gasteiger partial charge in [-0.15, -0.1) is 0 Å². The molecular weight excluding hydrogens is 366 g/mol. The zero-order chi connectivity index (χ0) is 20.4. The van der Waals surface area contributed by atoms with Crippen LogP contribution in [0.15, 0.2) is 47.3 Å². The van der Waals surface area contributed by atoms with Gasteiger partial charge >= 0.3 is 0 Å². The van der Waals surface area contributed by atoms with Crippen LogP contribution in [0.3, 0.4) is 0 Å². The van der Waals surface area contributed by atoms with Crippen molar-refractivity contribution in [2.75, 3.05) is 19.6 Å². The Kier molecular flexibility index (Phi) is 5.51. The zero-order valence-corrected chi connectivity index (χ0v) is 16.8. The van der Waals surface area contributed by atoms with Crippen LogP contribution in [0.4, 0.5) is 0 Å². The number of pyridine rings is 1. The highest BCUT2D eigenvalue weighted by atomic mass is 16.2. The van der Waals surface area contributed by atoms with E-state index in [4.69, 9.17) is 0 Å². The molecule has 1 saturated heterocycles. The first-order chi connectivity index (χ1) is 14.0. The third kappa shape index (κ3) is 4.26. The van der Waals surface area contributed by atoms with Gasteiger partial charge in [-0.3, -0.25) is 14.4 Å². The Morgan fingerprint density at radius 3 is 2.62 bits per heavy atom. The van der Waals surface area contributed by atoms with E-state index in [1.807, 2.05) is 39.8 Å². The van der Waals surface area contributed by atoms with E-state index in [1.54, 1.807) is 6.07 Å². The quantitative estimate of drug-likeness (QED) is 0.793. The number of fused-ring (bicyclic) bond motifs is 4. The number of aromatic nitrogens is 1. The van der Waals surface area contributed by atoms with Crippen molar-refractivity contribution >= 4 is 11.8 Å². The van der Waals surface area contributed by atoms with Crippen molar-refractivity contribution in [3.05, 3.63) is 58.5 Å². The Balaban J connectivity index is 1.51. The fourth-order valence-corrected chi connectivity index (χ4v) is 4.62. The molecule has 29 heavy (non-hydrogen) atoms. The van der Waals surface area contributed by atoms with Gasteiger partial charge in [-0.25, -0.2) is 0 Å². The average Bonchev–Trinajstić information content (AvgIpc) is 2.72. The van der Waals surface area contributed by atoms with E-state index in [-0.39, 0.29) is 23.3 Å². The fraction of sp³-hybridized carbons (Fsp3) is 0.435. The minimum Gasteiger partial charge on any atom is -0.356 e. The Hall–Kier alpha value is -2.89. The van der Waals surface area contributed by atoms with Crippen LogP contribution in [-0.2, 0) is 16.1 Å². The molecule has 2 bridgehead atoms. The monoisotopic (exact) mass is 393 g/mol. The number of nitrogens with one attached hydrogen (secondary N) is 1. The highest BCUT2D eigenvalue weighted by molar-refractivity contribution is 5.77. The van der Waals surface area contributed by atoms with E-state index in [0.29, 0.717) is 44.9 Å². The van der Waals surface area contributed by atoms with Crippen molar-refractivity contribution in [3.63, 3.8) is 0 Å². The molecule has 4 rings (SSSR count). The minimum absolute atomic E-state index is 0.0473. The second-order valence-electron chi connectivity index (χ2n) is 8.17. The lowest BCUT2D eigenvalue weighted by Gasteiger charge is -2.43. The van der Waals surface area contributed by atoms with Crippen LogP contribution in [0.1, 0.15) is 37.8 Å². The Morgan fingerprint density at radius 2 is 1.86 bits per heavy atom. The summed E-state index contributed by atoms with van der Waals surface area (Å²) >= 11 is 0. The van der Waals surface area contributed by atoms with Crippen LogP contribution in [0.25, 0.3) is 11.1 Å². The molecule has 2 aliphatic heterocycles. The van der Waals surface area contributed by atoms with Crippen molar-refractivity contribution in [2.45, 2.75) is 38.6 Å². The summed E-state index contributed by atoms with van der Waals surface area (Å²) in [5.74, 6) is 0.584. The second kappa shape index (κ2) is 8.23. The smallest absolute Gasteiger partial charge is 0.251 e. The van der Waals surface area contributed by atoms with Gasteiger partial charge < -0.3 is 14.8 Å². The Labute approximate surface area is 170 Å². The number of rotatable bonds is 5. The van der Waals surface area contributed by atoms with E-state index in [1.165, 1.54) is 6.92 Å². The Bertz CT molecular complexity index is 967. The summed E-state index contributed by atoms with van der Waals surface area (Å²) in [5, 5.41) is 2.74. The van der Waals surface area contributed by atoms with Crippen molar-refractivity contribution < 1.29 is 9.59 Å². The maximum absolute atomic E-state index is 12.8. The number of carbonyl (C=O) groups is 2. The van der Waals surface area contributed by atoms with E-state index in [9.17, 15) is 14.4 Å². The molecule has 0 saturated carbocycles.